The highest BCUT2D eigenvalue weighted by atomic mass is 35.5. The molecule has 2 rings (SSSR count). The minimum absolute atomic E-state index is 0.489. The Morgan fingerprint density at radius 1 is 1.20 bits per heavy atom. The first-order valence-corrected chi connectivity index (χ1v) is 8.38. The standard InChI is InChI=1S/C18H28ClN/c1-4-13-20-17(14-5-7-16(19)8-6-14)15-9-11-18(2,3)12-10-15/h5-8,15,17,20H,4,9-13H2,1-3H3. The molecule has 0 aromatic heterocycles. The maximum absolute atomic E-state index is 6.02. The summed E-state index contributed by atoms with van der Waals surface area (Å²) in [6.45, 7) is 8.13. The minimum atomic E-state index is 0.489. The van der Waals surface area contributed by atoms with E-state index < -0.39 is 0 Å². The lowest BCUT2D eigenvalue weighted by molar-refractivity contribution is 0.161. The molecule has 1 aromatic carbocycles. The second-order valence-electron chi connectivity index (χ2n) is 6.98. The molecule has 1 fully saturated rings. The van der Waals surface area contributed by atoms with Gasteiger partial charge in [0.15, 0.2) is 0 Å². The summed E-state index contributed by atoms with van der Waals surface area (Å²) < 4.78 is 0. The zero-order valence-electron chi connectivity index (χ0n) is 13.1. The van der Waals surface area contributed by atoms with Gasteiger partial charge in [-0.05, 0) is 67.7 Å². The van der Waals surface area contributed by atoms with Crippen LogP contribution in [0, 0.1) is 11.3 Å². The van der Waals surface area contributed by atoms with Gasteiger partial charge in [0.1, 0.15) is 0 Å². The fraction of sp³-hybridized carbons (Fsp3) is 0.667. The summed E-state index contributed by atoms with van der Waals surface area (Å²) >= 11 is 6.02. The Bertz CT molecular complexity index is 400. The van der Waals surface area contributed by atoms with E-state index in [1.807, 2.05) is 12.1 Å². The summed E-state index contributed by atoms with van der Waals surface area (Å²) in [5.74, 6) is 0.760. The largest absolute Gasteiger partial charge is 0.310 e. The van der Waals surface area contributed by atoms with Gasteiger partial charge in [-0.1, -0.05) is 44.5 Å². The van der Waals surface area contributed by atoms with Gasteiger partial charge in [0.2, 0.25) is 0 Å². The molecule has 1 atom stereocenters. The van der Waals surface area contributed by atoms with Crippen molar-refractivity contribution in [3.63, 3.8) is 0 Å². The molecule has 1 aliphatic rings. The Balaban J connectivity index is 2.09. The van der Waals surface area contributed by atoms with Crippen molar-refractivity contribution in [2.45, 2.75) is 58.9 Å². The minimum Gasteiger partial charge on any atom is -0.310 e. The molecule has 1 unspecified atom stereocenters. The molecule has 0 aliphatic heterocycles. The van der Waals surface area contributed by atoms with Crippen LogP contribution in [0.4, 0.5) is 0 Å². The lowest BCUT2D eigenvalue weighted by Gasteiger charge is -2.38. The monoisotopic (exact) mass is 293 g/mol. The van der Waals surface area contributed by atoms with E-state index in [1.54, 1.807) is 0 Å². The van der Waals surface area contributed by atoms with Crippen LogP contribution in [-0.2, 0) is 0 Å². The van der Waals surface area contributed by atoms with Crippen LogP contribution in [0.5, 0.6) is 0 Å². The van der Waals surface area contributed by atoms with Gasteiger partial charge in [0.05, 0.1) is 0 Å². The maximum atomic E-state index is 6.02. The van der Waals surface area contributed by atoms with Crippen LogP contribution < -0.4 is 5.32 Å². The van der Waals surface area contributed by atoms with Crippen molar-refractivity contribution in [3.8, 4) is 0 Å². The van der Waals surface area contributed by atoms with Gasteiger partial charge < -0.3 is 5.32 Å². The highest BCUT2D eigenvalue weighted by Crippen LogP contribution is 2.42. The predicted molar refractivity (Wildman–Crippen MR) is 88.2 cm³/mol. The molecule has 1 aliphatic carbocycles. The SMILES string of the molecule is CCCNC(c1ccc(Cl)cc1)C1CCC(C)(C)CC1. The molecule has 1 nitrogen and oxygen atoms in total. The molecule has 0 spiro atoms. The average Bonchev–Trinajstić information content (AvgIpc) is 2.42. The van der Waals surface area contributed by atoms with Gasteiger partial charge in [-0.25, -0.2) is 0 Å². The molecule has 0 saturated heterocycles. The number of hydrogen-bond donors (Lipinski definition) is 1. The highest BCUT2D eigenvalue weighted by Gasteiger charge is 2.31. The van der Waals surface area contributed by atoms with E-state index in [1.165, 1.54) is 37.7 Å². The first-order chi connectivity index (χ1) is 9.52. The lowest BCUT2D eigenvalue weighted by atomic mass is 9.70. The Kier molecular flexibility index (Phi) is 5.51. The van der Waals surface area contributed by atoms with Crippen molar-refractivity contribution >= 4 is 11.6 Å². The van der Waals surface area contributed by atoms with Crippen LogP contribution in [-0.4, -0.2) is 6.54 Å². The van der Waals surface area contributed by atoms with Crippen molar-refractivity contribution in [3.05, 3.63) is 34.9 Å². The fourth-order valence-electron chi connectivity index (χ4n) is 3.28. The summed E-state index contributed by atoms with van der Waals surface area (Å²) in [6.07, 6.45) is 6.53. The molecule has 0 radical (unpaired) electrons. The fourth-order valence-corrected chi connectivity index (χ4v) is 3.41. The van der Waals surface area contributed by atoms with E-state index in [4.69, 9.17) is 11.6 Å². The second kappa shape index (κ2) is 6.95. The topological polar surface area (TPSA) is 12.0 Å². The van der Waals surface area contributed by atoms with Gasteiger partial charge in [-0.15, -0.1) is 0 Å². The van der Waals surface area contributed by atoms with Gasteiger partial charge in [0.25, 0.3) is 0 Å². The van der Waals surface area contributed by atoms with Crippen molar-refractivity contribution in [2.75, 3.05) is 6.54 Å². The summed E-state index contributed by atoms with van der Waals surface area (Å²) in [5, 5.41) is 4.59. The maximum Gasteiger partial charge on any atom is 0.0406 e. The van der Waals surface area contributed by atoms with Crippen molar-refractivity contribution in [1.82, 2.24) is 5.32 Å². The third-order valence-corrected chi connectivity index (χ3v) is 4.95. The third-order valence-electron chi connectivity index (χ3n) is 4.70. The van der Waals surface area contributed by atoms with E-state index in [9.17, 15) is 0 Å². The van der Waals surface area contributed by atoms with Crippen LogP contribution in [0.15, 0.2) is 24.3 Å². The van der Waals surface area contributed by atoms with Gasteiger partial charge >= 0.3 is 0 Å². The van der Waals surface area contributed by atoms with Crippen molar-refractivity contribution in [2.24, 2.45) is 11.3 Å². The lowest BCUT2D eigenvalue weighted by Crippen LogP contribution is -2.33. The number of benzene rings is 1. The molecule has 112 valence electrons. The Morgan fingerprint density at radius 3 is 2.35 bits per heavy atom. The van der Waals surface area contributed by atoms with Crippen molar-refractivity contribution in [1.29, 1.82) is 0 Å². The molecule has 1 saturated carbocycles. The van der Waals surface area contributed by atoms with Crippen LogP contribution in [0.3, 0.4) is 0 Å². The second-order valence-corrected chi connectivity index (χ2v) is 7.42. The van der Waals surface area contributed by atoms with Gasteiger partial charge in [-0.2, -0.15) is 0 Å². The number of halogens is 1. The summed E-state index contributed by atoms with van der Waals surface area (Å²) in [6, 6.07) is 8.91. The zero-order valence-corrected chi connectivity index (χ0v) is 13.8. The normalized spacial score (nSPS) is 20.8. The van der Waals surface area contributed by atoms with Gasteiger partial charge in [0, 0.05) is 11.1 Å². The Labute approximate surface area is 129 Å². The summed E-state index contributed by atoms with van der Waals surface area (Å²) in [7, 11) is 0. The van der Waals surface area contributed by atoms with E-state index >= 15 is 0 Å². The molecule has 0 amide bonds. The van der Waals surface area contributed by atoms with E-state index in [-0.39, 0.29) is 0 Å². The molecular formula is C18H28ClN. The van der Waals surface area contributed by atoms with Crippen molar-refractivity contribution < 1.29 is 0 Å². The molecule has 0 heterocycles. The number of hydrogen-bond acceptors (Lipinski definition) is 1. The number of rotatable bonds is 5. The third kappa shape index (κ3) is 4.23. The van der Waals surface area contributed by atoms with Crippen LogP contribution in [0.25, 0.3) is 0 Å². The Hall–Kier alpha value is -0.530. The summed E-state index contributed by atoms with van der Waals surface area (Å²) in [5.41, 5.74) is 1.93. The molecule has 1 N–H and O–H groups in total. The predicted octanol–water partition coefficient (Wildman–Crippen LogP) is 5.60. The quantitative estimate of drug-likeness (QED) is 0.745. The smallest absolute Gasteiger partial charge is 0.0406 e. The molecule has 20 heavy (non-hydrogen) atoms. The molecule has 2 heteroatoms. The molecule has 1 aromatic rings. The highest BCUT2D eigenvalue weighted by molar-refractivity contribution is 6.30. The van der Waals surface area contributed by atoms with Crippen LogP contribution in [0.1, 0.15) is 64.5 Å². The van der Waals surface area contributed by atoms with E-state index in [0.717, 1.165) is 17.5 Å². The van der Waals surface area contributed by atoms with E-state index in [0.29, 0.717) is 11.5 Å². The molecule has 0 bridgehead atoms. The molecular weight excluding hydrogens is 266 g/mol. The van der Waals surface area contributed by atoms with Crippen LogP contribution >= 0.6 is 11.6 Å². The number of nitrogens with one attached hydrogen (secondary N) is 1. The Morgan fingerprint density at radius 2 is 1.80 bits per heavy atom. The van der Waals surface area contributed by atoms with Gasteiger partial charge in [-0.3, -0.25) is 0 Å². The zero-order chi connectivity index (χ0) is 14.6. The van der Waals surface area contributed by atoms with E-state index in [2.05, 4.69) is 38.2 Å². The van der Waals surface area contributed by atoms with Crippen LogP contribution in [0.2, 0.25) is 5.02 Å². The average molecular weight is 294 g/mol. The summed E-state index contributed by atoms with van der Waals surface area (Å²) in [4.78, 5) is 0. The first kappa shape index (κ1) is 15.9. The first-order valence-electron chi connectivity index (χ1n) is 8.01.